The fourth-order valence-electron chi connectivity index (χ4n) is 3.96. The highest BCUT2D eigenvalue weighted by Crippen LogP contribution is 2.35. The highest BCUT2D eigenvalue weighted by Gasteiger charge is 2.45. The Morgan fingerprint density at radius 2 is 2.14 bits per heavy atom. The Balaban J connectivity index is 1.67. The van der Waals surface area contributed by atoms with Crippen LogP contribution in [0.4, 0.5) is 5.69 Å². The number of likely N-dealkylation sites (tertiary alicyclic amines) is 1. The summed E-state index contributed by atoms with van der Waals surface area (Å²) in [4.78, 5) is 14.9. The lowest BCUT2D eigenvalue weighted by molar-refractivity contribution is -0.121. The second-order valence-corrected chi connectivity index (χ2v) is 6.29. The molecule has 1 aromatic rings. The standard InChI is InChI=1S/C17H25N3O/c1-3-16-15-10-18-9-13(15)11-20(16)12(2)17(21)19-14-7-5-4-6-8-14/h4-8,12-13,15-16,18H,3,9-11H2,1-2H3,(H,19,21). The van der Waals surface area contributed by atoms with E-state index in [2.05, 4.69) is 22.5 Å². The van der Waals surface area contributed by atoms with Gasteiger partial charge in [-0.15, -0.1) is 0 Å². The Morgan fingerprint density at radius 1 is 1.38 bits per heavy atom. The maximum absolute atomic E-state index is 12.5. The number of hydrogen-bond acceptors (Lipinski definition) is 3. The van der Waals surface area contributed by atoms with Crippen LogP contribution >= 0.6 is 0 Å². The summed E-state index contributed by atoms with van der Waals surface area (Å²) in [5.74, 6) is 1.52. The number of anilines is 1. The molecule has 0 radical (unpaired) electrons. The first-order valence-corrected chi connectivity index (χ1v) is 8.03. The Labute approximate surface area is 126 Å². The molecular formula is C17H25N3O. The molecular weight excluding hydrogens is 262 g/mol. The number of nitrogens with one attached hydrogen (secondary N) is 2. The molecule has 1 amide bonds. The molecule has 4 unspecified atom stereocenters. The Hall–Kier alpha value is -1.39. The van der Waals surface area contributed by atoms with Gasteiger partial charge in [-0.3, -0.25) is 9.69 Å². The predicted octanol–water partition coefficient (Wildman–Crippen LogP) is 1.94. The normalized spacial score (nSPS) is 30.1. The fraction of sp³-hybridized carbons (Fsp3) is 0.588. The molecule has 4 atom stereocenters. The largest absolute Gasteiger partial charge is 0.325 e. The van der Waals surface area contributed by atoms with E-state index in [9.17, 15) is 4.79 Å². The van der Waals surface area contributed by atoms with Crippen molar-refractivity contribution in [2.75, 3.05) is 25.0 Å². The van der Waals surface area contributed by atoms with Crippen LogP contribution in [-0.2, 0) is 4.79 Å². The summed E-state index contributed by atoms with van der Waals surface area (Å²) >= 11 is 0. The van der Waals surface area contributed by atoms with Gasteiger partial charge in [0.25, 0.3) is 0 Å². The smallest absolute Gasteiger partial charge is 0.241 e. The van der Waals surface area contributed by atoms with E-state index in [4.69, 9.17) is 0 Å². The van der Waals surface area contributed by atoms with Gasteiger partial charge in [0.1, 0.15) is 0 Å². The number of rotatable bonds is 4. The maximum atomic E-state index is 12.5. The van der Waals surface area contributed by atoms with Gasteiger partial charge in [0.15, 0.2) is 0 Å². The SMILES string of the molecule is CCC1C2CNCC2CN1C(C)C(=O)Nc1ccccc1. The van der Waals surface area contributed by atoms with E-state index in [1.807, 2.05) is 37.3 Å². The number of carbonyl (C=O) groups is 1. The molecule has 114 valence electrons. The van der Waals surface area contributed by atoms with Gasteiger partial charge in [-0.25, -0.2) is 0 Å². The summed E-state index contributed by atoms with van der Waals surface area (Å²) in [6.07, 6.45) is 1.12. The fourth-order valence-corrected chi connectivity index (χ4v) is 3.96. The molecule has 2 N–H and O–H groups in total. The van der Waals surface area contributed by atoms with Gasteiger partial charge >= 0.3 is 0 Å². The molecule has 2 aliphatic heterocycles. The summed E-state index contributed by atoms with van der Waals surface area (Å²) < 4.78 is 0. The van der Waals surface area contributed by atoms with Crippen LogP contribution < -0.4 is 10.6 Å². The minimum atomic E-state index is -0.0687. The molecule has 2 heterocycles. The third-order valence-corrected chi connectivity index (χ3v) is 5.09. The van der Waals surface area contributed by atoms with E-state index in [1.165, 1.54) is 0 Å². The molecule has 2 fully saturated rings. The van der Waals surface area contributed by atoms with Crippen LogP contribution in [0.3, 0.4) is 0 Å². The highest BCUT2D eigenvalue weighted by molar-refractivity contribution is 5.94. The van der Waals surface area contributed by atoms with Crippen LogP contribution in [0.1, 0.15) is 20.3 Å². The molecule has 4 nitrogen and oxygen atoms in total. The van der Waals surface area contributed by atoms with Crippen LogP contribution in [0.15, 0.2) is 30.3 Å². The van der Waals surface area contributed by atoms with Crippen LogP contribution in [0.25, 0.3) is 0 Å². The Kier molecular flexibility index (Phi) is 4.27. The van der Waals surface area contributed by atoms with Gasteiger partial charge in [-0.05, 0) is 50.4 Å². The second kappa shape index (κ2) is 6.16. The van der Waals surface area contributed by atoms with Crippen molar-refractivity contribution in [2.45, 2.75) is 32.4 Å². The van der Waals surface area contributed by atoms with Crippen molar-refractivity contribution in [3.05, 3.63) is 30.3 Å². The third kappa shape index (κ3) is 2.83. The molecule has 4 heteroatoms. The van der Waals surface area contributed by atoms with E-state index in [0.717, 1.165) is 31.7 Å². The zero-order valence-corrected chi connectivity index (χ0v) is 12.9. The molecule has 0 bridgehead atoms. The zero-order chi connectivity index (χ0) is 14.8. The lowest BCUT2D eigenvalue weighted by atomic mass is 9.92. The predicted molar refractivity (Wildman–Crippen MR) is 85.2 cm³/mol. The molecule has 3 rings (SSSR count). The van der Waals surface area contributed by atoms with Crippen molar-refractivity contribution in [1.82, 2.24) is 10.2 Å². The number of amides is 1. The molecule has 1 aromatic carbocycles. The Bertz CT molecular complexity index is 490. The minimum absolute atomic E-state index is 0.0687. The first-order valence-electron chi connectivity index (χ1n) is 8.03. The van der Waals surface area contributed by atoms with Crippen LogP contribution in [-0.4, -0.2) is 42.5 Å². The number of carbonyl (C=O) groups excluding carboxylic acids is 1. The quantitative estimate of drug-likeness (QED) is 0.889. The molecule has 0 spiro atoms. The van der Waals surface area contributed by atoms with Gasteiger partial charge in [0, 0.05) is 18.3 Å². The van der Waals surface area contributed by atoms with Gasteiger partial charge in [0.05, 0.1) is 6.04 Å². The number of hydrogen-bond donors (Lipinski definition) is 2. The van der Waals surface area contributed by atoms with E-state index >= 15 is 0 Å². The van der Waals surface area contributed by atoms with Crippen LogP contribution in [0, 0.1) is 11.8 Å². The van der Waals surface area contributed by atoms with E-state index in [1.54, 1.807) is 0 Å². The summed E-state index contributed by atoms with van der Waals surface area (Å²) in [5.41, 5.74) is 0.878. The van der Waals surface area contributed by atoms with Crippen LogP contribution in [0.2, 0.25) is 0 Å². The molecule has 2 saturated heterocycles. The van der Waals surface area contributed by atoms with Crippen molar-refractivity contribution < 1.29 is 4.79 Å². The summed E-state index contributed by atoms with van der Waals surface area (Å²) in [7, 11) is 0. The third-order valence-electron chi connectivity index (χ3n) is 5.09. The van der Waals surface area contributed by atoms with Gasteiger partial charge in [-0.1, -0.05) is 25.1 Å². The van der Waals surface area contributed by atoms with E-state index in [-0.39, 0.29) is 11.9 Å². The van der Waals surface area contributed by atoms with Crippen molar-refractivity contribution in [2.24, 2.45) is 11.8 Å². The molecule has 0 aromatic heterocycles. The topological polar surface area (TPSA) is 44.4 Å². The number of nitrogens with zero attached hydrogens (tertiary/aromatic N) is 1. The first-order chi connectivity index (χ1) is 10.2. The van der Waals surface area contributed by atoms with Gasteiger partial charge < -0.3 is 10.6 Å². The molecule has 2 aliphatic rings. The highest BCUT2D eigenvalue weighted by atomic mass is 16.2. The lowest BCUT2D eigenvalue weighted by Crippen LogP contribution is -2.46. The monoisotopic (exact) mass is 287 g/mol. The average molecular weight is 287 g/mol. The van der Waals surface area contributed by atoms with Crippen molar-refractivity contribution in [3.63, 3.8) is 0 Å². The lowest BCUT2D eigenvalue weighted by Gasteiger charge is -2.31. The average Bonchev–Trinajstić information content (AvgIpc) is 3.07. The summed E-state index contributed by atoms with van der Waals surface area (Å²) in [5, 5.41) is 6.52. The van der Waals surface area contributed by atoms with E-state index < -0.39 is 0 Å². The first kappa shape index (κ1) is 14.5. The van der Waals surface area contributed by atoms with Crippen LogP contribution in [0.5, 0.6) is 0 Å². The zero-order valence-electron chi connectivity index (χ0n) is 12.9. The second-order valence-electron chi connectivity index (χ2n) is 6.29. The van der Waals surface area contributed by atoms with Crippen molar-refractivity contribution >= 4 is 11.6 Å². The molecule has 0 saturated carbocycles. The number of para-hydroxylation sites is 1. The van der Waals surface area contributed by atoms with Gasteiger partial charge in [-0.2, -0.15) is 0 Å². The minimum Gasteiger partial charge on any atom is -0.325 e. The van der Waals surface area contributed by atoms with Gasteiger partial charge in [0.2, 0.25) is 5.91 Å². The summed E-state index contributed by atoms with van der Waals surface area (Å²) in [6, 6.07) is 10.2. The van der Waals surface area contributed by atoms with Crippen molar-refractivity contribution in [3.8, 4) is 0 Å². The van der Waals surface area contributed by atoms with E-state index in [0.29, 0.717) is 17.9 Å². The number of benzene rings is 1. The Morgan fingerprint density at radius 3 is 2.86 bits per heavy atom. The number of fused-ring (bicyclic) bond motifs is 1. The summed E-state index contributed by atoms with van der Waals surface area (Å²) in [6.45, 7) is 7.52. The molecule has 21 heavy (non-hydrogen) atoms. The molecule has 0 aliphatic carbocycles. The van der Waals surface area contributed by atoms with Crippen molar-refractivity contribution in [1.29, 1.82) is 0 Å². The maximum Gasteiger partial charge on any atom is 0.241 e.